The second-order valence-electron chi connectivity index (χ2n) is 6.74. The van der Waals surface area contributed by atoms with Crippen molar-refractivity contribution in [2.45, 2.75) is 23.6 Å². The molecule has 0 saturated carbocycles. The topological polar surface area (TPSA) is 82.6 Å². The Labute approximate surface area is 164 Å². The number of pyridine rings is 1. The molecule has 1 fully saturated rings. The van der Waals surface area contributed by atoms with E-state index in [9.17, 15) is 13.2 Å². The molecule has 7 nitrogen and oxygen atoms in total. The van der Waals surface area contributed by atoms with E-state index in [0.29, 0.717) is 36.7 Å². The Balaban J connectivity index is 1.52. The molecule has 27 heavy (non-hydrogen) atoms. The van der Waals surface area contributed by atoms with E-state index < -0.39 is 10.0 Å². The summed E-state index contributed by atoms with van der Waals surface area (Å²) in [6.45, 7) is 1.19. The first-order valence-corrected chi connectivity index (χ1v) is 11.1. The average molecular weight is 409 g/mol. The average Bonchev–Trinajstić information content (AvgIpc) is 3.22. The summed E-state index contributed by atoms with van der Waals surface area (Å²) in [5, 5.41) is 4.72. The van der Waals surface area contributed by atoms with Crippen LogP contribution in [0.2, 0.25) is 0 Å². The Kier molecular flexibility index (Phi) is 6.13. The van der Waals surface area contributed by atoms with Crippen LogP contribution in [0.25, 0.3) is 0 Å². The van der Waals surface area contributed by atoms with Gasteiger partial charge in [0.1, 0.15) is 10.0 Å². The van der Waals surface area contributed by atoms with Crippen LogP contribution in [-0.2, 0) is 21.4 Å². The number of nitrogens with one attached hydrogen (secondary N) is 1. The molecule has 0 radical (unpaired) electrons. The molecule has 0 bridgehead atoms. The van der Waals surface area contributed by atoms with Gasteiger partial charge in [-0.3, -0.25) is 4.79 Å². The third kappa shape index (κ3) is 4.66. The molecule has 1 aliphatic heterocycles. The number of carbonyl (C=O) groups excluding carboxylic acids is 1. The molecule has 1 aliphatic rings. The Hall–Kier alpha value is -1.97. The van der Waals surface area contributed by atoms with Crippen LogP contribution in [0, 0.1) is 5.92 Å². The van der Waals surface area contributed by atoms with Gasteiger partial charge in [-0.05, 0) is 42.0 Å². The fourth-order valence-corrected chi connectivity index (χ4v) is 5.66. The highest BCUT2D eigenvalue weighted by atomic mass is 32.2. The van der Waals surface area contributed by atoms with E-state index in [0.717, 1.165) is 11.4 Å². The Morgan fingerprint density at radius 1 is 1.33 bits per heavy atom. The smallest absolute Gasteiger partial charge is 0.252 e. The first-order valence-electron chi connectivity index (χ1n) is 8.81. The van der Waals surface area contributed by atoms with Crippen LogP contribution in [0.4, 0.5) is 5.82 Å². The molecular weight excluding hydrogens is 384 g/mol. The van der Waals surface area contributed by atoms with Crippen molar-refractivity contribution in [2.75, 3.05) is 32.1 Å². The molecule has 0 atom stereocenters. The van der Waals surface area contributed by atoms with E-state index in [2.05, 4.69) is 10.3 Å². The summed E-state index contributed by atoms with van der Waals surface area (Å²) in [5.41, 5.74) is 0.986. The highest BCUT2D eigenvalue weighted by Crippen LogP contribution is 2.26. The maximum atomic E-state index is 12.5. The number of anilines is 1. The Morgan fingerprint density at radius 2 is 2.07 bits per heavy atom. The highest BCUT2D eigenvalue weighted by molar-refractivity contribution is 7.91. The van der Waals surface area contributed by atoms with Gasteiger partial charge >= 0.3 is 0 Å². The van der Waals surface area contributed by atoms with Crippen molar-refractivity contribution >= 4 is 33.1 Å². The molecule has 0 spiro atoms. The van der Waals surface area contributed by atoms with Crippen molar-refractivity contribution in [2.24, 2.45) is 5.92 Å². The highest BCUT2D eigenvalue weighted by Gasteiger charge is 2.32. The summed E-state index contributed by atoms with van der Waals surface area (Å²) in [7, 11) is 0.411. The summed E-state index contributed by atoms with van der Waals surface area (Å²) in [4.78, 5) is 18.6. The lowest BCUT2D eigenvalue weighted by Crippen LogP contribution is -2.42. The number of thiophene rings is 1. The second kappa shape index (κ2) is 8.37. The fraction of sp³-hybridized carbons (Fsp3) is 0.444. The molecule has 146 valence electrons. The summed E-state index contributed by atoms with van der Waals surface area (Å²) in [5.74, 6) is 0.662. The van der Waals surface area contributed by atoms with Gasteiger partial charge in [-0.2, -0.15) is 4.31 Å². The van der Waals surface area contributed by atoms with Crippen LogP contribution in [-0.4, -0.2) is 50.8 Å². The summed E-state index contributed by atoms with van der Waals surface area (Å²) in [6.07, 6.45) is 2.80. The quantitative estimate of drug-likeness (QED) is 0.790. The van der Waals surface area contributed by atoms with Crippen molar-refractivity contribution < 1.29 is 13.2 Å². The molecule has 0 unspecified atom stereocenters. The summed E-state index contributed by atoms with van der Waals surface area (Å²) in [6, 6.07) is 7.17. The van der Waals surface area contributed by atoms with Gasteiger partial charge in [-0.15, -0.1) is 11.3 Å². The maximum Gasteiger partial charge on any atom is 0.252 e. The number of sulfonamides is 1. The van der Waals surface area contributed by atoms with Gasteiger partial charge in [0.15, 0.2) is 0 Å². The van der Waals surface area contributed by atoms with E-state index in [4.69, 9.17) is 0 Å². The number of rotatable bonds is 6. The SMILES string of the molecule is CN(C)c1cc(CNC(=O)C2CCN(S(=O)(=O)c3cccs3)CC2)ccn1. The first kappa shape index (κ1) is 19.8. The zero-order chi connectivity index (χ0) is 19.4. The zero-order valence-electron chi connectivity index (χ0n) is 15.5. The van der Waals surface area contributed by atoms with E-state index in [1.807, 2.05) is 31.1 Å². The molecule has 0 aromatic carbocycles. The number of hydrogen-bond donors (Lipinski definition) is 1. The fourth-order valence-electron chi connectivity index (χ4n) is 3.04. The van der Waals surface area contributed by atoms with Crippen LogP contribution in [0.15, 0.2) is 40.1 Å². The summed E-state index contributed by atoms with van der Waals surface area (Å²) >= 11 is 1.22. The predicted octanol–water partition coefficient (Wildman–Crippen LogP) is 1.93. The number of nitrogens with zero attached hydrogens (tertiary/aromatic N) is 3. The van der Waals surface area contributed by atoms with Gasteiger partial charge in [0.25, 0.3) is 10.0 Å². The Bertz CT molecular complexity index is 874. The van der Waals surface area contributed by atoms with Crippen molar-refractivity contribution in [3.63, 3.8) is 0 Å². The van der Waals surface area contributed by atoms with Crippen molar-refractivity contribution in [3.05, 3.63) is 41.4 Å². The zero-order valence-corrected chi connectivity index (χ0v) is 17.1. The molecule has 0 aliphatic carbocycles. The van der Waals surface area contributed by atoms with Crippen LogP contribution < -0.4 is 10.2 Å². The lowest BCUT2D eigenvalue weighted by Gasteiger charge is -2.30. The molecule has 9 heteroatoms. The molecule has 2 aromatic heterocycles. The molecule has 1 amide bonds. The normalized spacial score (nSPS) is 16.2. The number of carbonyl (C=O) groups is 1. The number of amides is 1. The van der Waals surface area contributed by atoms with E-state index in [-0.39, 0.29) is 11.8 Å². The monoisotopic (exact) mass is 408 g/mol. The third-order valence-electron chi connectivity index (χ3n) is 4.65. The maximum absolute atomic E-state index is 12.5. The van der Waals surface area contributed by atoms with Crippen LogP contribution in [0.5, 0.6) is 0 Å². The molecule has 2 aromatic rings. The van der Waals surface area contributed by atoms with Crippen LogP contribution in [0.3, 0.4) is 0 Å². The minimum atomic E-state index is -3.43. The number of aromatic nitrogens is 1. The third-order valence-corrected chi connectivity index (χ3v) is 7.92. The van der Waals surface area contributed by atoms with E-state index in [1.54, 1.807) is 23.7 Å². The largest absolute Gasteiger partial charge is 0.363 e. The van der Waals surface area contributed by atoms with Gasteiger partial charge in [-0.25, -0.2) is 13.4 Å². The Morgan fingerprint density at radius 3 is 2.70 bits per heavy atom. The lowest BCUT2D eigenvalue weighted by molar-refractivity contribution is -0.126. The number of hydrogen-bond acceptors (Lipinski definition) is 6. The van der Waals surface area contributed by atoms with Crippen molar-refractivity contribution in [3.8, 4) is 0 Å². The summed E-state index contributed by atoms with van der Waals surface area (Å²) < 4.78 is 26.9. The molecular formula is C18H24N4O3S2. The lowest BCUT2D eigenvalue weighted by atomic mass is 9.97. The van der Waals surface area contributed by atoms with Crippen molar-refractivity contribution in [1.82, 2.24) is 14.6 Å². The molecule has 3 heterocycles. The van der Waals surface area contributed by atoms with E-state index >= 15 is 0 Å². The molecule has 1 saturated heterocycles. The minimum absolute atomic E-state index is 0.0219. The predicted molar refractivity (Wildman–Crippen MR) is 106 cm³/mol. The molecule has 1 N–H and O–H groups in total. The van der Waals surface area contributed by atoms with Gasteiger partial charge < -0.3 is 10.2 Å². The van der Waals surface area contributed by atoms with Crippen LogP contribution in [0.1, 0.15) is 18.4 Å². The van der Waals surface area contributed by atoms with Crippen LogP contribution >= 0.6 is 11.3 Å². The van der Waals surface area contributed by atoms with Gasteiger partial charge in [0.05, 0.1) is 0 Å². The van der Waals surface area contributed by atoms with Gasteiger partial charge in [0, 0.05) is 45.8 Å². The van der Waals surface area contributed by atoms with E-state index in [1.165, 1.54) is 15.6 Å². The number of piperidine rings is 1. The first-order chi connectivity index (χ1) is 12.9. The van der Waals surface area contributed by atoms with Crippen molar-refractivity contribution in [1.29, 1.82) is 0 Å². The molecule has 3 rings (SSSR count). The minimum Gasteiger partial charge on any atom is -0.363 e. The van der Waals surface area contributed by atoms with Gasteiger partial charge in [0.2, 0.25) is 5.91 Å². The second-order valence-corrected chi connectivity index (χ2v) is 9.86. The standard InChI is InChI=1S/C18H24N4O3S2/c1-21(2)16-12-14(5-8-19-16)13-20-18(23)15-6-9-22(10-7-15)27(24,25)17-4-3-11-26-17/h3-5,8,11-12,15H,6-7,9-10,13H2,1-2H3,(H,20,23). The van der Waals surface area contributed by atoms with Gasteiger partial charge in [-0.1, -0.05) is 6.07 Å².